The second kappa shape index (κ2) is 4.32. The van der Waals surface area contributed by atoms with Crippen LogP contribution >= 0.6 is 0 Å². The molecule has 5 nitrogen and oxygen atoms in total. The summed E-state index contributed by atoms with van der Waals surface area (Å²) in [5.74, 6) is 0.123. The van der Waals surface area contributed by atoms with E-state index in [1.54, 1.807) is 12.4 Å². The zero-order valence-corrected chi connectivity index (χ0v) is 10.1. The summed E-state index contributed by atoms with van der Waals surface area (Å²) in [5, 5.41) is 6.37. The van der Waals surface area contributed by atoms with Crippen molar-refractivity contribution in [2.75, 3.05) is 5.75 Å². The first-order chi connectivity index (χ1) is 6.79. The van der Waals surface area contributed by atoms with Gasteiger partial charge in [-0.05, 0) is 5.41 Å². The molecule has 1 aromatic rings. The van der Waals surface area contributed by atoms with Gasteiger partial charge in [0.15, 0.2) is 0 Å². The van der Waals surface area contributed by atoms with Crippen LogP contribution in [-0.2, 0) is 16.6 Å². The Labute approximate surface area is 90.3 Å². The van der Waals surface area contributed by atoms with Gasteiger partial charge in [0.2, 0.25) is 10.0 Å². The van der Waals surface area contributed by atoms with E-state index < -0.39 is 10.0 Å². The lowest BCUT2D eigenvalue weighted by Crippen LogP contribution is -2.31. The van der Waals surface area contributed by atoms with Crippen molar-refractivity contribution in [1.29, 1.82) is 0 Å². The molecule has 15 heavy (non-hydrogen) atoms. The molecular weight excluding hydrogens is 214 g/mol. The van der Waals surface area contributed by atoms with Gasteiger partial charge in [-0.15, -0.1) is 0 Å². The molecule has 0 unspecified atom stereocenters. The first-order valence-electron chi connectivity index (χ1n) is 4.73. The largest absolute Gasteiger partial charge is 0.285 e. The molecule has 0 saturated carbocycles. The average molecular weight is 231 g/mol. The molecule has 0 aliphatic rings. The highest BCUT2D eigenvalue weighted by Crippen LogP contribution is 2.15. The summed E-state index contributed by atoms with van der Waals surface area (Å²) >= 11 is 0. The van der Waals surface area contributed by atoms with Crippen molar-refractivity contribution < 1.29 is 8.42 Å². The molecular formula is C9H17N3O2S. The van der Waals surface area contributed by atoms with Gasteiger partial charge in [0, 0.05) is 18.3 Å². The highest BCUT2D eigenvalue weighted by Gasteiger charge is 2.20. The molecule has 2 N–H and O–H groups in total. The molecule has 0 aliphatic carbocycles. The Morgan fingerprint density at radius 2 is 2.13 bits per heavy atom. The molecule has 1 aromatic heterocycles. The summed E-state index contributed by atoms with van der Waals surface area (Å²) in [6, 6.07) is 0. The van der Waals surface area contributed by atoms with Crippen LogP contribution in [0, 0.1) is 5.41 Å². The maximum absolute atomic E-state index is 11.6. The van der Waals surface area contributed by atoms with E-state index in [4.69, 9.17) is 0 Å². The van der Waals surface area contributed by atoms with Crippen LogP contribution in [-0.4, -0.2) is 24.4 Å². The maximum Gasteiger partial charge on any atom is 0.212 e. The summed E-state index contributed by atoms with van der Waals surface area (Å²) in [6.45, 7) is 5.97. The number of aromatic nitrogens is 2. The van der Waals surface area contributed by atoms with Crippen LogP contribution in [0.2, 0.25) is 0 Å². The van der Waals surface area contributed by atoms with Crippen molar-refractivity contribution in [2.45, 2.75) is 27.3 Å². The Morgan fingerprint density at radius 1 is 1.47 bits per heavy atom. The van der Waals surface area contributed by atoms with Gasteiger partial charge in [-0.1, -0.05) is 20.8 Å². The summed E-state index contributed by atoms with van der Waals surface area (Å²) in [4.78, 5) is 0. The van der Waals surface area contributed by atoms with E-state index in [0.29, 0.717) is 0 Å². The quantitative estimate of drug-likeness (QED) is 0.807. The Morgan fingerprint density at radius 3 is 2.60 bits per heavy atom. The summed E-state index contributed by atoms with van der Waals surface area (Å²) in [6.07, 6.45) is 3.26. The molecule has 1 heterocycles. The molecule has 0 spiro atoms. The number of rotatable bonds is 4. The van der Waals surface area contributed by atoms with Gasteiger partial charge >= 0.3 is 0 Å². The smallest absolute Gasteiger partial charge is 0.212 e. The van der Waals surface area contributed by atoms with Crippen LogP contribution in [0.3, 0.4) is 0 Å². The minimum absolute atomic E-state index is 0.123. The summed E-state index contributed by atoms with van der Waals surface area (Å²) in [5.41, 5.74) is 0.592. The fraction of sp³-hybridized carbons (Fsp3) is 0.667. The van der Waals surface area contributed by atoms with Crippen LogP contribution < -0.4 is 4.72 Å². The van der Waals surface area contributed by atoms with Gasteiger partial charge in [0.25, 0.3) is 0 Å². The molecule has 0 saturated heterocycles. The van der Waals surface area contributed by atoms with Crippen LogP contribution in [0.4, 0.5) is 0 Å². The van der Waals surface area contributed by atoms with Crippen molar-refractivity contribution in [3.05, 3.63) is 18.0 Å². The third kappa shape index (κ3) is 4.94. The molecule has 0 radical (unpaired) electrons. The fourth-order valence-corrected chi connectivity index (χ4v) is 2.82. The Hall–Kier alpha value is -0.880. The predicted molar refractivity (Wildman–Crippen MR) is 58.7 cm³/mol. The van der Waals surface area contributed by atoms with Crippen LogP contribution in [0.5, 0.6) is 0 Å². The first kappa shape index (κ1) is 12.2. The van der Waals surface area contributed by atoms with E-state index in [9.17, 15) is 8.42 Å². The zero-order chi connectivity index (χ0) is 11.5. The van der Waals surface area contributed by atoms with Crippen molar-refractivity contribution in [1.82, 2.24) is 14.9 Å². The standard InChI is InChI=1S/C9H17N3O2S/c1-9(2,3)7-15(13,14)12-6-8-4-10-11-5-8/h4-5,12H,6-7H2,1-3H3,(H,10,11). The van der Waals surface area contributed by atoms with E-state index in [0.717, 1.165) is 5.56 Å². The van der Waals surface area contributed by atoms with Gasteiger partial charge < -0.3 is 0 Å². The van der Waals surface area contributed by atoms with Crippen molar-refractivity contribution in [3.8, 4) is 0 Å². The molecule has 0 aliphatic heterocycles. The number of nitrogens with one attached hydrogen (secondary N) is 2. The fourth-order valence-electron chi connectivity index (χ4n) is 1.19. The lowest BCUT2D eigenvalue weighted by molar-refractivity contribution is 0.458. The topological polar surface area (TPSA) is 74.8 Å². The van der Waals surface area contributed by atoms with Crippen molar-refractivity contribution in [3.63, 3.8) is 0 Å². The third-order valence-corrected chi connectivity index (χ3v) is 3.50. The van der Waals surface area contributed by atoms with E-state index in [-0.39, 0.29) is 17.7 Å². The lowest BCUT2D eigenvalue weighted by atomic mass is 10.0. The highest BCUT2D eigenvalue weighted by molar-refractivity contribution is 7.89. The number of hydrogen-bond acceptors (Lipinski definition) is 3. The minimum Gasteiger partial charge on any atom is -0.285 e. The van der Waals surface area contributed by atoms with E-state index in [1.807, 2.05) is 20.8 Å². The molecule has 0 fully saturated rings. The van der Waals surface area contributed by atoms with E-state index >= 15 is 0 Å². The lowest BCUT2D eigenvalue weighted by Gasteiger charge is -2.18. The minimum atomic E-state index is -3.21. The summed E-state index contributed by atoms with van der Waals surface area (Å²) in [7, 11) is -3.21. The van der Waals surface area contributed by atoms with E-state index in [2.05, 4.69) is 14.9 Å². The highest BCUT2D eigenvalue weighted by atomic mass is 32.2. The number of sulfonamides is 1. The van der Waals surface area contributed by atoms with Gasteiger partial charge in [-0.2, -0.15) is 5.10 Å². The van der Waals surface area contributed by atoms with Crippen LogP contribution in [0.1, 0.15) is 26.3 Å². The molecule has 86 valence electrons. The van der Waals surface area contributed by atoms with Gasteiger partial charge in [0.1, 0.15) is 0 Å². The van der Waals surface area contributed by atoms with Crippen molar-refractivity contribution in [2.24, 2.45) is 5.41 Å². The Kier molecular flexibility index (Phi) is 3.51. The first-order valence-corrected chi connectivity index (χ1v) is 6.39. The molecule has 0 amide bonds. The molecule has 0 aromatic carbocycles. The second-order valence-electron chi connectivity index (χ2n) is 4.75. The van der Waals surface area contributed by atoms with Gasteiger partial charge in [0.05, 0.1) is 11.9 Å². The number of aromatic amines is 1. The zero-order valence-electron chi connectivity index (χ0n) is 9.24. The molecule has 1 rings (SSSR count). The monoisotopic (exact) mass is 231 g/mol. The van der Waals surface area contributed by atoms with Gasteiger partial charge in [-0.3, -0.25) is 5.10 Å². The van der Waals surface area contributed by atoms with Crippen LogP contribution in [0.15, 0.2) is 12.4 Å². The molecule has 6 heteroatoms. The number of hydrogen-bond donors (Lipinski definition) is 2. The molecule has 0 bridgehead atoms. The van der Waals surface area contributed by atoms with Crippen LogP contribution in [0.25, 0.3) is 0 Å². The van der Waals surface area contributed by atoms with Crippen molar-refractivity contribution >= 4 is 10.0 Å². The average Bonchev–Trinajstić information content (AvgIpc) is 2.47. The number of H-pyrrole nitrogens is 1. The normalized spacial score (nSPS) is 13.0. The Balaban J connectivity index is 2.51. The SMILES string of the molecule is CC(C)(C)CS(=O)(=O)NCc1cn[nH]c1. The van der Waals surface area contributed by atoms with E-state index in [1.165, 1.54) is 0 Å². The van der Waals surface area contributed by atoms with Gasteiger partial charge in [-0.25, -0.2) is 13.1 Å². The molecule has 0 atom stereocenters. The maximum atomic E-state index is 11.6. The second-order valence-corrected chi connectivity index (χ2v) is 6.55. The number of nitrogens with zero attached hydrogens (tertiary/aromatic N) is 1. The predicted octanol–water partition coefficient (Wildman–Crippen LogP) is 0.875. The summed E-state index contributed by atoms with van der Waals surface area (Å²) < 4.78 is 25.7. The Bertz CT molecular complexity index is 389. The third-order valence-electron chi connectivity index (χ3n) is 1.67.